The van der Waals surface area contributed by atoms with Crippen molar-refractivity contribution in [3.05, 3.63) is 48.0 Å². The Hall–Kier alpha value is -3.21. The van der Waals surface area contributed by atoms with Gasteiger partial charge in [-0.2, -0.15) is 13.5 Å². The van der Waals surface area contributed by atoms with Crippen molar-refractivity contribution >= 4 is 29.5 Å². The lowest BCUT2D eigenvalue weighted by molar-refractivity contribution is -0.945. The molecule has 5 rings (SSSR count). The lowest BCUT2D eigenvalue weighted by Crippen LogP contribution is -2.51. The van der Waals surface area contributed by atoms with Crippen LogP contribution in [0.3, 0.4) is 0 Å². The number of piperidine rings is 2. The van der Waals surface area contributed by atoms with Crippen molar-refractivity contribution in [1.82, 2.24) is 30.0 Å². The zero-order chi connectivity index (χ0) is 34.6. The summed E-state index contributed by atoms with van der Waals surface area (Å²) in [6.45, 7) is 13.2. The Morgan fingerprint density at radius 3 is 1.80 bits per heavy atom. The Kier molecular flexibility index (Phi) is 13.3. The summed E-state index contributed by atoms with van der Waals surface area (Å²) in [5.74, 6) is -0.202. The highest BCUT2D eigenvalue weighted by atomic mass is 32.2. The largest absolute Gasteiger partial charge is 0.368 e. The Labute approximate surface area is 292 Å². The molecule has 2 aromatic heterocycles. The van der Waals surface area contributed by atoms with Gasteiger partial charge in [0.25, 0.3) is 18.1 Å². The fourth-order valence-corrected chi connectivity index (χ4v) is 8.25. The quantitative estimate of drug-likeness (QED) is 0.0863. The zero-order valence-electron chi connectivity index (χ0n) is 29.6. The summed E-state index contributed by atoms with van der Waals surface area (Å²) < 4.78 is 37.8. The van der Waals surface area contributed by atoms with E-state index >= 15 is 0 Å². The average Bonchev–Trinajstić information content (AvgIpc) is 3.73. The van der Waals surface area contributed by atoms with Gasteiger partial charge in [-0.1, -0.05) is 23.8 Å². The lowest BCUT2D eigenvalue weighted by atomic mass is 10.1. The van der Waals surface area contributed by atoms with Crippen LogP contribution in [0.5, 0.6) is 0 Å². The molecule has 0 atom stereocenters. The minimum Gasteiger partial charge on any atom is -0.368 e. The van der Waals surface area contributed by atoms with Gasteiger partial charge in [-0.25, -0.2) is 0 Å². The highest BCUT2D eigenvalue weighted by Crippen LogP contribution is 2.25. The number of quaternary nitrogens is 2. The number of rotatable bonds is 19. The number of hydrogen-bond acceptors (Lipinski definition) is 9. The highest BCUT2D eigenvalue weighted by Gasteiger charge is 2.32. The van der Waals surface area contributed by atoms with Gasteiger partial charge in [-0.15, -0.1) is 10.2 Å². The van der Waals surface area contributed by atoms with Gasteiger partial charge in [0.15, 0.2) is 0 Å². The molecule has 0 bridgehead atoms. The average molecular weight is 698 g/mol. The Bertz CT molecular complexity index is 1570. The van der Waals surface area contributed by atoms with E-state index in [-0.39, 0.29) is 5.75 Å². The number of benzene rings is 1. The predicted molar refractivity (Wildman–Crippen MR) is 193 cm³/mol. The monoisotopic (exact) mass is 697 g/mol. The number of anilines is 1. The van der Waals surface area contributed by atoms with Crippen LogP contribution >= 0.6 is 0 Å². The van der Waals surface area contributed by atoms with Crippen molar-refractivity contribution in [1.29, 1.82) is 0 Å². The van der Waals surface area contributed by atoms with Crippen molar-refractivity contribution in [2.24, 2.45) is 10.1 Å². The van der Waals surface area contributed by atoms with Gasteiger partial charge in [-0.3, -0.25) is 18.9 Å². The normalized spacial score (nSPS) is 17.8. The minimum atomic E-state index is -3.96. The molecule has 2 saturated heterocycles. The van der Waals surface area contributed by atoms with E-state index in [0.717, 1.165) is 83.8 Å². The van der Waals surface area contributed by atoms with Gasteiger partial charge in [0.05, 0.1) is 76.2 Å². The molecule has 3 aromatic rings. The van der Waals surface area contributed by atoms with Crippen molar-refractivity contribution in [3.63, 3.8) is 0 Å². The summed E-state index contributed by atoms with van der Waals surface area (Å²) >= 11 is 0. The van der Waals surface area contributed by atoms with Crippen molar-refractivity contribution in [2.75, 3.05) is 63.0 Å². The van der Waals surface area contributed by atoms with Gasteiger partial charge in [0.1, 0.15) is 24.5 Å². The SMILES string of the molecule is BN=Nc1ccc(N(CCn2cc(C[N+]3(CCCC)CCCCC3)nn2)CCn2cc(C[N+]3(CCCS(=O)(=O)O)CCCCC3)nn2)cc1. The molecule has 1 N–H and O–H groups in total. The van der Waals surface area contributed by atoms with Crippen LogP contribution in [0.2, 0.25) is 0 Å². The van der Waals surface area contributed by atoms with E-state index in [1.165, 1.54) is 58.2 Å². The van der Waals surface area contributed by atoms with Gasteiger partial charge in [0, 0.05) is 25.2 Å². The second-order valence-electron chi connectivity index (χ2n) is 14.2. The molecule has 0 saturated carbocycles. The maximum absolute atomic E-state index is 11.4. The summed E-state index contributed by atoms with van der Waals surface area (Å²) in [7, 11) is -2.29. The summed E-state index contributed by atoms with van der Waals surface area (Å²) in [6.07, 6.45) is 14.4. The number of likely N-dealkylation sites (tertiary alicyclic amines) is 2. The number of unbranched alkanes of at least 4 members (excludes halogenated alkanes) is 1. The molecule has 268 valence electrons. The first-order chi connectivity index (χ1) is 23.7. The molecule has 14 nitrogen and oxygen atoms in total. The van der Waals surface area contributed by atoms with E-state index in [9.17, 15) is 13.0 Å². The molecule has 1 aromatic carbocycles. The number of nitrogens with zero attached hydrogens (tertiary/aromatic N) is 11. The second-order valence-corrected chi connectivity index (χ2v) is 15.8. The van der Waals surface area contributed by atoms with Crippen LogP contribution in [-0.2, 0) is 36.3 Å². The van der Waals surface area contributed by atoms with Crippen molar-refractivity contribution in [3.8, 4) is 0 Å². The van der Waals surface area contributed by atoms with Crippen LogP contribution in [0.15, 0.2) is 46.8 Å². The van der Waals surface area contributed by atoms with E-state index in [1.807, 2.05) is 27.7 Å². The molecular formula is C33H56BN11O3S+2. The third kappa shape index (κ3) is 11.4. The molecule has 0 unspecified atom stereocenters. The van der Waals surface area contributed by atoms with Crippen LogP contribution in [0, 0.1) is 0 Å². The van der Waals surface area contributed by atoms with E-state index < -0.39 is 10.1 Å². The topological polar surface area (TPSA) is 144 Å². The first-order valence-corrected chi connectivity index (χ1v) is 19.9. The van der Waals surface area contributed by atoms with Crippen LogP contribution in [-0.4, -0.2) is 118 Å². The molecule has 2 fully saturated rings. The minimum absolute atomic E-state index is 0.202. The van der Waals surface area contributed by atoms with E-state index in [2.05, 4.69) is 60.9 Å². The van der Waals surface area contributed by atoms with Crippen LogP contribution < -0.4 is 4.90 Å². The first-order valence-electron chi connectivity index (χ1n) is 18.3. The van der Waals surface area contributed by atoms with Gasteiger partial charge in [-0.05, 0) is 69.2 Å². The molecular weight excluding hydrogens is 641 g/mol. The summed E-state index contributed by atoms with van der Waals surface area (Å²) in [4.78, 5) is 2.34. The molecule has 2 aliphatic rings. The third-order valence-electron chi connectivity index (χ3n) is 10.3. The molecule has 2 aliphatic heterocycles. The van der Waals surface area contributed by atoms with Crippen molar-refractivity contribution in [2.45, 2.75) is 90.9 Å². The lowest BCUT2D eigenvalue weighted by Gasteiger charge is -2.41. The van der Waals surface area contributed by atoms with E-state index in [4.69, 9.17) is 0 Å². The molecule has 0 radical (unpaired) electrons. The van der Waals surface area contributed by atoms with Gasteiger partial charge >= 0.3 is 0 Å². The van der Waals surface area contributed by atoms with Gasteiger partial charge < -0.3 is 13.9 Å². The maximum atomic E-state index is 11.4. The molecule has 16 heteroatoms. The van der Waals surface area contributed by atoms with Crippen molar-refractivity contribution < 1.29 is 21.9 Å². The standard InChI is InChI=1S/C33H55BN11O3S/c1-2-3-19-44(20-6-4-7-21-44)28-31-26-42(39-36-31)17-15-41(33-13-11-30(12-14-33)35-38-34)16-18-43-27-32(37-40-43)29-45(22-8-5-9-23-45)24-10-25-49(46,47)48/h11-14,26-27H,2-10,15-25,28-29,34H2,1H3/q+1/p+1. The first kappa shape index (κ1) is 37.1. The predicted octanol–water partition coefficient (Wildman–Crippen LogP) is 3.79. The number of hydrogen-bond donors (Lipinski definition) is 1. The molecule has 0 amide bonds. The Balaban J connectivity index is 1.23. The van der Waals surface area contributed by atoms with E-state index in [1.54, 1.807) is 7.98 Å². The number of aromatic nitrogens is 6. The molecule has 4 heterocycles. The van der Waals surface area contributed by atoms with Crippen LogP contribution in [0.1, 0.15) is 76.1 Å². The Morgan fingerprint density at radius 2 is 1.33 bits per heavy atom. The summed E-state index contributed by atoms with van der Waals surface area (Å²) in [6, 6.07) is 8.13. The fraction of sp³-hybridized carbons (Fsp3) is 0.697. The smallest absolute Gasteiger partial charge is 0.273 e. The third-order valence-corrected chi connectivity index (χ3v) is 11.2. The second kappa shape index (κ2) is 17.6. The van der Waals surface area contributed by atoms with E-state index in [0.29, 0.717) is 26.1 Å². The summed E-state index contributed by atoms with van der Waals surface area (Å²) in [5.41, 5.74) is 3.90. The Morgan fingerprint density at radius 1 is 0.816 bits per heavy atom. The van der Waals surface area contributed by atoms with Gasteiger partial charge in [0.2, 0.25) is 0 Å². The highest BCUT2D eigenvalue weighted by molar-refractivity contribution is 7.85. The van der Waals surface area contributed by atoms with Crippen LogP contribution in [0.4, 0.5) is 11.4 Å². The summed E-state index contributed by atoms with van der Waals surface area (Å²) in [5, 5.41) is 26.2. The fourth-order valence-electron chi connectivity index (χ4n) is 7.75. The molecule has 0 aliphatic carbocycles. The maximum Gasteiger partial charge on any atom is 0.273 e. The molecule has 0 spiro atoms. The zero-order valence-corrected chi connectivity index (χ0v) is 30.4. The van der Waals surface area contributed by atoms with Crippen LogP contribution in [0.25, 0.3) is 0 Å². The molecule has 49 heavy (non-hydrogen) atoms.